The monoisotopic (exact) mass is 370 g/mol. The summed E-state index contributed by atoms with van der Waals surface area (Å²) in [6, 6.07) is 15.0. The first-order valence-electron chi connectivity index (χ1n) is 7.90. The third-order valence-electron chi connectivity index (χ3n) is 4.11. The predicted octanol–water partition coefficient (Wildman–Crippen LogP) is 5.27. The lowest BCUT2D eigenvalue weighted by Crippen LogP contribution is -2.31. The van der Waals surface area contributed by atoms with Gasteiger partial charge in [-0.05, 0) is 36.8 Å². The summed E-state index contributed by atoms with van der Waals surface area (Å²) in [4.78, 5) is 19.2. The molecule has 4 rings (SSSR count). The quantitative estimate of drug-likeness (QED) is 0.617. The van der Waals surface area contributed by atoms with E-state index < -0.39 is 0 Å². The Morgan fingerprint density at radius 2 is 2.08 bits per heavy atom. The Labute approximate surface area is 154 Å². The number of halogens is 1. The summed E-state index contributed by atoms with van der Waals surface area (Å²) in [7, 11) is 0. The average Bonchev–Trinajstić information content (AvgIpc) is 3.25. The van der Waals surface area contributed by atoms with Crippen LogP contribution >= 0.6 is 23.4 Å². The van der Waals surface area contributed by atoms with E-state index in [0.717, 1.165) is 22.4 Å². The molecule has 1 fully saturated rings. The maximum Gasteiger partial charge on any atom is 0.295 e. The SMILES string of the molecule is Cc1c(Cl)cccc1N=C1SCCN1C(=O)c1cc2ccccc2o1. The number of hydrogen-bond acceptors (Lipinski definition) is 4. The molecule has 25 heavy (non-hydrogen) atoms. The van der Waals surface area contributed by atoms with E-state index in [2.05, 4.69) is 4.99 Å². The third-order valence-corrected chi connectivity index (χ3v) is 5.48. The van der Waals surface area contributed by atoms with Gasteiger partial charge in [-0.15, -0.1) is 0 Å². The molecule has 1 aliphatic rings. The van der Waals surface area contributed by atoms with Crippen LogP contribution < -0.4 is 0 Å². The molecule has 6 heteroatoms. The second kappa shape index (κ2) is 6.58. The number of hydrogen-bond donors (Lipinski definition) is 0. The zero-order valence-corrected chi connectivity index (χ0v) is 15.1. The zero-order valence-electron chi connectivity index (χ0n) is 13.5. The molecular formula is C19H15ClN2O2S. The summed E-state index contributed by atoms with van der Waals surface area (Å²) >= 11 is 7.73. The Morgan fingerprint density at radius 3 is 2.92 bits per heavy atom. The van der Waals surface area contributed by atoms with Crippen molar-refractivity contribution in [1.82, 2.24) is 4.90 Å². The van der Waals surface area contributed by atoms with E-state index in [4.69, 9.17) is 16.0 Å². The van der Waals surface area contributed by atoms with Crippen molar-refractivity contribution in [1.29, 1.82) is 0 Å². The standard InChI is InChI=1S/C19H15ClN2O2S/c1-12-14(20)6-4-7-15(12)21-19-22(9-10-25-19)18(23)17-11-13-5-2-3-8-16(13)24-17/h2-8,11H,9-10H2,1H3. The molecule has 1 saturated heterocycles. The fraction of sp³-hybridized carbons (Fsp3) is 0.158. The van der Waals surface area contributed by atoms with Crippen molar-refractivity contribution in [2.75, 3.05) is 12.3 Å². The molecule has 0 bridgehead atoms. The van der Waals surface area contributed by atoms with Gasteiger partial charge in [0.1, 0.15) is 5.58 Å². The van der Waals surface area contributed by atoms with E-state index >= 15 is 0 Å². The van der Waals surface area contributed by atoms with Crippen LogP contribution in [0.2, 0.25) is 5.02 Å². The molecule has 2 aromatic carbocycles. The number of carbonyl (C=O) groups is 1. The first-order chi connectivity index (χ1) is 12.1. The van der Waals surface area contributed by atoms with Gasteiger partial charge in [-0.2, -0.15) is 0 Å². The Hall–Kier alpha value is -2.24. The molecule has 1 aliphatic heterocycles. The average molecular weight is 371 g/mol. The number of rotatable bonds is 2. The minimum Gasteiger partial charge on any atom is -0.451 e. The van der Waals surface area contributed by atoms with Crippen LogP contribution in [0.3, 0.4) is 0 Å². The van der Waals surface area contributed by atoms with E-state index in [-0.39, 0.29) is 5.91 Å². The number of amidine groups is 1. The second-order valence-electron chi connectivity index (χ2n) is 5.73. The van der Waals surface area contributed by atoms with Crippen molar-refractivity contribution in [2.24, 2.45) is 4.99 Å². The maximum absolute atomic E-state index is 12.9. The van der Waals surface area contributed by atoms with Crippen LogP contribution in [0.25, 0.3) is 11.0 Å². The fourth-order valence-electron chi connectivity index (χ4n) is 2.72. The Balaban J connectivity index is 1.68. The van der Waals surface area contributed by atoms with E-state index in [1.54, 1.807) is 22.7 Å². The van der Waals surface area contributed by atoms with Gasteiger partial charge in [0.15, 0.2) is 10.9 Å². The molecule has 0 atom stereocenters. The van der Waals surface area contributed by atoms with Crippen molar-refractivity contribution in [3.05, 3.63) is 64.9 Å². The van der Waals surface area contributed by atoms with Crippen molar-refractivity contribution in [3.8, 4) is 0 Å². The van der Waals surface area contributed by atoms with Gasteiger partial charge in [0.25, 0.3) is 5.91 Å². The number of thioether (sulfide) groups is 1. The molecule has 2 heterocycles. The Bertz CT molecular complexity index is 963. The van der Waals surface area contributed by atoms with E-state index in [0.29, 0.717) is 28.1 Å². The van der Waals surface area contributed by atoms with Crippen molar-refractivity contribution in [2.45, 2.75) is 6.92 Å². The van der Waals surface area contributed by atoms with E-state index in [1.165, 1.54) is 0 Å². The third kappa shape index (κ3) is 3.05. The normalized spacial score (nSPS) is 16.1. The summed E-state index contributed by atoms with van der Waals surface area (Å²) in [5.41, 5.74) is 2.39. The van der Waals surface area contributed by atoms with Crippen molar-refractivity contribution < 1.29 is 9.21 Å². The topological polar surface area (TPSA) is 45.8 Å². The van der Waals surface area contributed by atoms with Gasteiger partial charge in [0, 0.05) is 22.7 Å². The minimum absolute atomic E-state index is 0.167. The van der Waals surface area contributed by atoms with Crippen molar-refractivity contribution >= 4 is 51.1 Å². The summed E-state index contributed by atoms with van der Waals surface area (Å²) in [6.45, 7) is 2.53. The first kappa shape index (κ1) is 16.2. The van der Waals surface area contributed by atoms with Crippen LogP contribution in [0.5, 0.6) is 0 Å². The molecule has 0 saturated carbocycles. The summed E-state index contributed by atoms with van der Waals surface area (Å²) in [5, 5.41) is 2.26. The van der Waals surface area contributed by atoms with E-state index in [1.807, 2.05) is 49.4 Å². The summed E-state index contributed by atoms with van der Waals surface area (Å²) in [6.07, 6.45) is 0. The molecule has 126 valence electrons. The molecule has 3 aromatic rings. The Morgan fingerprint density at radius 1 is 1.24 bits per heavy atom. The number of amides is 1. The molecule has 0 unspecified atom stereocenters. The lowest BCUT2D eigenvalue weighted by Gasteiger charge is -2.14. The molecule has 0 spiro atoms. The van der Waals surface area contributed by atoms with Crippen LogP contribution in [0.15, 0.2) is 57.9 Å². The number of furan rings is 1. The Kier molecular flexibility index (Phi) is 4.27. The lowest BCUT2D eigenvalue weighted by molar-refractivity contribution is 0.0831. The van der Waals surface area contributed by atoms with Gasteiger partial charge in [-0.1, -0.05) is 47.6 Å². The van der Waals surface area contributed by atoms with Crippen LogP contribution in [0.4, 0.5) is 5.69 Å². The van der Waals surface area contributed by atoms with Gasteiger partial charge >= 0.3 is 0 Å². The zero-order chi connectivity index (χ0) is 17.4. The van der Waals surface area contributed by atoms with Gasteiger partial charge in [-0.3, -0.25) is 9.69 Å². The predicted molar refractivity (Wildman–Crippen MR) is 103 cm³/mol. The largest absolute Gasteiger partial charge is 0.451 e. The maximum atomic E-state index is 12.9. The number of nitrogens with zero attached hydrogens (tertiary/aromatic N) is 2. The number of benzene rings is 2. The molecule has 0 N–H and O–H groups in total. The summed E-state index contributed by atoms with van der Waals surface area (Å²) in [5.74, 6) is 0.976. The highest BCUT2D eigenvalue weighted by Crippen LogP contribution is 2.30. The molecule has 1 amide bonds. The van der Waals surface area contributed by atoms with Crippen LogP contribution in [0, 0.1) is 6.92 Å². The van der Waals surface area contributed by atoms with Gasteiger partial charge in [-0.25, -0.2) is 4.99 Å². The van der Waals surface area contributed by atoms with Gasteiger partial charge < -0.3 is 4.42 Å². The molecule has 0 radical (unpaired) electrons. The second-order valence-corrected chi connectivity index (χ2v) is 7.20. The number of carbonyl (C=O) groups excluding carboxylic acids is 1. The lowest BCUT2D eigenvalue weighted by atomic mass is 10.2. The number of para-hydroxylation sites is 1. The van der Waals surface area contributed by atoms with Crippen LogP contribution in [-0.4, -0.2) is 28.3 Å². The number of fused-ring (bicyclic) bond motifs is 1. The summed E-state index contributed by atoms with van der Waals surface area (Å²) < 4.78 is 5.71. The molecule has 1 aromatic heterocycles. The molecular weight excluding hydrogens is 356 g/mol. The number of aliphatic imine (C=N–C) groups is 1. The first-order valence-corrected chi connectivity index (χ1v) is 9.27. The van der Waals surface area contributed by atoms with Crippen LogP contribution in [0.1, 0.15) is 16.1 Å². The molecule has 0 aliphatic carbocycles. The smallest absolute Gasteiger partial charge is 0.295 e. The highest BCUT2D eigenvalue weighted by molar-refractivity contribution is 8.14. The highest BCUT2D eigenvalue weighted by atomic mass is 35.5. The fourth-order valence-corrected chi connectivity index (χ4v) is 3.84. The molecule has 4 nitrogen and oxygen atoms in total. The van der Waals surface area contributed by atoms with Gasteiger partial charge in [0.05, 0.1) is 5.69 Å². The highest BCUT2D eigenvalue weighted by Gasteiger charge is 2.29. The van der Waals surface area contributed by atoms with Crippen LogP contribution in [-0.2, 0) is 0 Å². The van der Waals surface area contributed by atoms with E-state index in [9.17, 15) is 4.79 Å². The van der Waals surface area contributed by atoms with Gasteiger partial charge in [0.2, 0.25) is 0 Å². The van der Waals surface area contributed by atoms with Crippen molar-refractivity contribution in [3.63, 3.8) is 0 Å². The minimum atomic E-state index is -0.167.